The fourth-order valence-electron chi connectivity index (χ4n) is 2.77. The van der Waals surface area contributed by atoms with E-state index in [1.54, 1.807) is 0 Å². The molecule has 3 N–H and O–H groups in total. The van der Waals surface area contributed by atoms with Crippen LogP contribution in [0.25, 0.3) is 0 Å². The number of nitrogens with zero attached hydrogens (tertiary/aromatic N) is 1. The van der Waals surface area contributed by atoms with Crippen molar-refractivity contribution in [2.45, 2.75) is 38.3 Å². The standard InChI is InChI=1S/C16H19N3O6/c1-9(14(20)18-12-6-5-11(7-12)16(22)23)17-15(21)10-3-2-4-13(8-10)19(24)25/h2-4,8-9,11-12H,5-7H2,1H3,(H,17,21)(H,18,20)(H,22,23)/t9?,11-,12+/m1/s1. The molecule has 9 nitrogen and oxygen atoms in total. The van der Waals surface area contributed by atoms with E-state index < -0.39 is 34.7 Å². The second-order valence-corrected chi connectivity index (χ2v) is 6.06. The molecule has 2 amide bonds. The number of rotatable bonds is 6. The monoisotopic (exact) mass is 349 g/mol. The molecule has 0 spiro atoms. The van der Waals surface area contributed by atoms with Crippen molar-refractivity contribution in [3.8, 4) is 0 Å². The summed E-state index contributed by atoms with van der Waals surface area (Å²) in [7, 11) is 0. The van der Waals surface area contributed by atoms with Crippen LogP contribution in [0.15, 0.2) is 24.3 Å². The third-order valence-corrected chi connectivity index (χ3v) is 4.19. The van der Waals surface area contributed by atoms with Crippen LogP contribution < -0.4 is 10.6 Å². The lowest BCUT2D eigenvalue weighted by Gasteiger charge is -2.18. The molecule has 1 aliphatic carbocycles. The molecule has 0 bridgehead atoms. The number of nitro benzene ring substituents is 1. The third kappa shape index (κ3) is 4.75. The number of nitro groups is 1. The number of carbonyl (C=O) groups excluding carboxylic acids is 2. The van der Waals surface area contributed by atoms with E-state index in [2.05, 4.69) is 10.6 Å². The fourth-order valence-corrected chi connectivity index (χ4v) is 2.77. The zero-order chi connectivity index (χ0) is 18.6. The molecule has 0 radical (unpaired) electrons. The summed E-state index contributed by atoms with van der Waals surface area (Å²) in [6.45, 7) is 1.49. The van der Waals surface area contributed by atoms with Crippen LogP contribution in [0, 0.1) is 16.0 Å². The van der Waals surface area contributed by atoms with Crippen LogP contribution in [0.4, 0.5) is 5.69 Å². The molecule has 2 rings (SSSR count). The summed E-state index contributed by atoms with van der Waals surface area (Å²) >= 11 is 0. The van der Waals surface area contributed by atoms with Gasteiger partial charge in [-0.3, -0.25) is 24.5 Å². The van der Waals surface area contributed by atoms with Gasteiger partial charge in [0, 0.05) is 23.7 Å². The highest BCUT2D eigenvalue weighted by molar-refractivity contribution is 5.97. The summed E-state index contributed by atoms with van der Waals surface area (Å²) in [6.07, 6.45) is 1.45. The normalized spacial score (nSPS) is 20.5. The van der Waals surface area contributed by atoms with Gasteiger partial charge in [-0.15, -0.1) is 0 Å². The number of hydrogen-bond acceptors (Lipinski definition) is 5. The first-order valence-corrected chi connectivity index (χ1v) is 7.86. The number of carbonyl (C=O) groups is 3. The molecule has 3 atom stereocenters. The van der Waals surface area contributed by atoms with Crippen molar-refractivity contribution in [2.75, 3.05) is 0 Å². The smallest absolute Gasteiger partial charge is 0.306 e. The lowest BCUT2D eigenvalue weighted by Crippen LogP contribution is -2.47. The van der Waals surface area contributed by atoms with Gasteiger partial charge in [-0.25, -0.2) is 0 Å². The molecule has 0 heterocycles. The van der Waals surface area contributed by atoms with Crippen molar-refractivity contribution in [3.63, 3.8) is 0 Å². The first-order valence-electron chi connectivity index (χ1n) is 7.86. The zero-order valence-corrected chi connectivity index (χ0v) is 13.6. The fraction of sp³-hybridized carbons (Fsp3) is 0.438. The number of benzene rings is 1. The van der Waals surface area contributed by atoms with E-state index >= 15 is 0 Å². The van der Waals surface area contributed by atoms with E-state index in [0.29, 0.717) is 19.3 Å². The Labute approximate surface area is 143 Å². The maximum absolute atomic E-state index is 12.1. The van der Waals surface area contributed by atoms with Gasteiger partial charge in [0.05, 0.1) is 10.8 Å². The molecular formula is C16H19N3O6. The lowest BCUT2D eigenvalue weighted by atomic mass is 10.1. The molecule has 134 valence electrons. The van der Waals surface area contributed by atoms with Gasteiger partial charge < -0.3 is 15.7 Å². The highest BCUT2D eigenvalue weighted by Crippen LogP contribution is 2.25. The first kappa shape index (κ1) is 18.4. The maximum atomic E-state index is 12.1. The highest BCUT2D eigenvalue weighted by atomic mass is 16.6. The SMILES string of the molecule is CC(NC(=O)c1cccc([N+](=O)[O-])c1)C(=O)N[C@H]1CC[C@@H](C(=O)O)C1. The van der Waals surface area contributed by atoms with E-state index in [0.717, 1.165) is 6.07 Å². The molecular weight excluding hydrogens is 330 g/mol. The molecule has 0 saturated heterocycles. The first-order chi connectivity index (χ1) is 11.8. The second-order valence-electron chi connectivity index (χ2n) is 6.06. The molecule has 1 aliphatic rings. The van der Waals surface area contributed by atoms with Crippen molar-refractivity contribution in [1.29, 1.82) is 0 Å². The maximum Gasteiger partial charge on any atom is 0.306 e. The van der Waals surface area contributed by atoms with Gasteiger partial charge in [-0.2, -0.15) is 0 Å². The molecule has 1 unspecified atom stereocenters. The molecule has 9 heteroatoms. The topological polar surface area (TPSA) is 139 Å². The lowest BCUT2D eigenvalue weighted by molar-refractivity contribution is -0.384. The molecule has 25 heavy (non-hydrogen) atoms. The van der Waals surface area contributed by atoms with Crippen LogP contribution in [0.1, 0.15) is 36.5 Å². The average Bonchev–Trinajstić information content (AvgIpc) is 3.03. The molecule has 1 fully saturated rings. The summed E-state index contributed by atoms with van der Waals surface area (Å²) in [5, 5.41) is 24.9. The predicted molar refractivity (Wildman–Crippen MR) is 86.9 cm³/mol. The number of carboxylic acids is 1. The van der Waals surface area contributed by atoms with Crippen LogP contribution in [0.2, 0.25) is 0 Å². The quantitative estimate of drug-likeness (QED) is 0.519. The minimum Gasteiger partial charge on any atom is -0.481 e. The Hall–Kier alpha value is -2.97. The minimum absolute atomic E-state index is 0.0839. The Morgan fingerprint density at radius 3 is 2.64 bits per heavy atom. The van der Waals surface area contributed by atoms with Crippen molar-refractivity contribution in [3.05, 3.63) is 39.9 Å². The number of hydrogen-bond donors (Lipinski definition) is 3. The molecule has 1 saturated carbocycles. The zero-order valence-electron chi connectivity index (χ0n) is 13.6. The summed E-state index contributed by atoms with van der Waals surface area (Å²) in [5.74, 6) is -2.35. The van der Waals surface area contributed by atoms with Crippen LogP contribution in [0.3, 0.4) is 0 Å². The number of aliphatic carboxylic acids is 1. The van der Waals surface area contributed by atoms with Gasteiger partial charge in [-0.05, 0) is 32.3 Å². The van der Waals surface area contributed by atoms with Crippen molar-refractivity contribution in [2.24, 2.45) is 5.92 Å². The van der Waals surface area contributed by atoms with Gasteiger partial charge in [0.25, 0.3) is 11.6 Å². The Morgan fingerprint density at radius 2 is 2.04 bits per heavy atom. The van der Waals surface area contributed by atoms with Crippen LogP contribution >= 0.6 is 0 Å². The van der Waals surface area contributed by atoms with E-state index in [1.165, 1.54) is 25.1 Å². The number of non-ortho nitro benzene ring substituents is 1. The number of carboxylic acid groups (broad SMARTS) is 1. The van der Waals surface area contributed by atoms with E-state index in [1.807, 2.05) is 0 Å². The molecule has 1 aromatic rings. The average molecular weight is 349 g/mol. The Kier molecular flexibility index (Phi) is 5.68. The van der Waals surface area contributed by atoms with Gasteiger partial charge in [0.15, 0.2) is 0 Å². The third-order valence-electron chi connectivity index (χ3n) is 4.19. The van der Waals surface area contributed by atoms with E-state index in [-0.39, 0.29) is 17.3 Å². The van der Waals surface area contributed by atoms with Gasteiger partial charge in [-0.1, -0.05) is 6.07 Å². The summed E-state index contributed by atoms with van der Waals surface area (Å²) in [4.78, 5) is 45.3. The summed E-state index contributed by atoms with van der Waals surface area (Å²) < 4.78 is 0. The highest BCUT2D eigenvalue weighted by Gasteiger charge is 2.31. The minimum atomic E-state index is -0.872. The molecule has 0 aliphatic heterocycles. The van der Waals surface area contributed by atoms with Crippen molar-refractivity contribution in [1.82, 2.24) is 10.6 Å². The van der Waals surface area contributed by atoms with Crippen LogP contribution in [-0.4, -0.2) is 39.9 Å². The molecule has 0 aromatic heterocycles. The summed E-state index contributed by atoms with van der Waals surface area (Å²) in [6, 6.07) is 4.13. The number of nitrogens with one attached hydrogen (secondary N) is 2. The Balaban J connectivity index is 1.90. The number of amides is 2. The van der Waals surface area contributed by atoms with Gasteiger partial charge >= 0.3 is 5.97 Å². The Bertz CT molecular complexity index is 705. The molecule has 1 aromatic carbocycles. The largest absolute Gasteiger partial charge is 0.481 e. The van der Waals surface area contributed by atoms with Gasteiger partial charge in [0.1, 0.15) is 6.04 Å². The second kappa shape index (κ2) is 7.73. The Morgan fingerprint density at radius 1 is 1.32 bits per heavy atom. The van der Waals surface area contributed by atoms with Crippen molar-refractivity contribution < 1.29 is 24.4 Å². The van der Waals surface area contributed by atoms with E-state index in [9.17, 15) is 24.5 Å². The van der Waals surface area contributed by atoms with Crippen molar-refractivity contribution >= 4 is 23.5 Å². The summed E-state index contributed by atoms with van der Waals surface area (Å²) in [5.41, 5.74) is -0.129. The predicted octanol–water partition coefficient (Wildman–Crippen LogP) is 1.08. The van der Waals surface area contributed by atoms with Crippen LogP contribution in [-0.2, 0) is 9.59 Å². The van der Waals surface area contributed by atoms with Gasteiger partial charge in [0.2, 0.25) is 5.91 Å². The van der Waals surface area contributed by atoms with Crippen LogP contribution in [0.5, 0.6) is 0 Å². The van der Waals surface area contributed by atoms with E-state index in [4.69, 9.17) is 5.11 Å².